The van der Waals surface area contributed by atoms with Gasteiger partial charge in [0.2, 0.25) is 5.91 Å². The number of thioether (sulfide) groups is 1. The van der Waals surface area contributed by atoms with Crippen molar-refractivity contribution in [3.05, 3.63) is 29.8 Å². The molecule has 1 unspecified atom stereocenters. The number of carbonyl (C=O) groups is 1. The second-order valence-corrected chi connectivity index (χ2v) is 10.3. The van der Waals surface area contributed by atoms with E-state index in [1.165, 1.54) is 17.3 Å². The van der Waals surface area contributed by atoms with E-state index < -0.39 is 9.84 Å². The van der Waals surface area contributed by atoms with Crippen molar-refractivity contribution in [2.45, 2.75) is 56.9 Å². The van der Waals surface area contributed by atoms with E-state index in [0.717, 1.165) is 17.7 Å². The lowest BCUT2D eigenvalue weighted by molar-refractivity contribution is -0.130. The number of sulfone groups is 1. The summed E-state index contributed by atoms with van der Waals surface area (Å²) in [5.74, 6) is 1.23. The molecular formula is C19H29NO3S2. The third kappa shape index (κ3) is 6.03. The number of rotatable bonds is 8. The van der Waals surface area contributed by atoms with E-state index in [9.17, 15) is 13.2 Å². The van der Waals surface area contributed by atoms with Crippen LogP contribution in [0, 0.1) is 0 Å². The fraction of sp³-hybridized carbons (Fsp3) is 0.632. The molecule has 1 saturated heterocycles. The summed E-state index contributed by atoms with van der Waals surface area (Å²) in [5, 5.41) is 0. The molecule has 2 rings (SSSR count). The highest BCUT2D eigenvalue weighted by molar-refractivity contribution is 8.00. The van der Waals surface area contributed by atoms with Crippen molar-refractivity contribution < 1.29 is 13.2 Å². The summed E-state index contributed by atoms with van der Waals surface area (Å²) < 4.78 is 23.5. The highest BCUT2D eigenvalue weighted by Gasteiger charge is 2.34. The van der Waals surface area contributed by atoms with Crippen molar-refractivity contribution in [2.24, 2.45) is 0 Å². The van der Waals surface area contributed by atoms with Crippen LogP contribution in [0.25, 0.3) is 0 Å². The fourth-order valence-electron chi connectivity index (χ4n) is 3.04. The largest absolute Gasteiger partial charge is 0.338 e. The van der Waals surface area contributed by atoms with Crippen LogP contribution in [-0.2, 0) is 14.6 Å². The molecule has 1 aromatic carbocycles. The van der Waals surface area contributed by atoms with Crippen LogP contribution >= 0.6 is 11.8 Å². The topological polar surface area (TPSA) is 54.5 Å². The van der Waals surface area contributed by atoms with E-state index >= 15 is 0 Å². The van der Waals surface area contributed by atoms with Gasteiger partial charge in [0.05, 0.1) is 17.3 Å². The van der Waals surface area contributed by atoms with Crippen molar-refractivity contribution in [1.29, 1.82) is 0 Å². The van der Waals surface area contributed by atoms with Gasteiger partial charge in [-0.3, -0.25) is 4.79 Å². The number of nitrogens with zero attached hydrogens (tertiary/aromatic N) is 1. The van der Waals surface area contributed by atoms with E-state index in [0.29, 0.717) is 24.6 Å². The van der Waals surface area contributed by atoms with Crippen LogP contribution in [-0.4, -0.2) is 49.1 Å². The maximum absolute atomic E-state index is 12.7. The van der Waals surface area contributed by atoms with Crippen molar-refractivity contribution in [3.8, 4) is 0 Å². The predicted octanol–water partition coefficient (Wildman–Crippen LogP) is 3.72. The zero-order chi connectivity index (χ0) is 18.4. The van der Waals surface area contributed by atoms with Crippen molar-refractivity contribution in [3.63, 3.8) is 0 Å². The van der Waals surface area contributed by atoms with Gasteiger partial charge >= 0.3 is 0 Å². The molecule has 0 aliphatic carbocycles. The number of carbonyl (C=O) groups excluding carboxylic acids is 1. The van der Waals surface area contributed by atoms with E-state index in [2.05, 4.69) is 45.0 Å². The molecule has 1 aromatic rings. The molecule has 140 valence electrons. The lowest BCUT2D eigenvalue weighted by Crippen LogP contribution is -2.42. The van der Waals surface area contributed by atoms with Crippen LogP contribution in [0.15, 0.2) is 29.2 Å². The van der Waals surface area contributed by atoms with Crippen LogP contribution < -0.4 is 0 Å². The van der Waals surface area contributed by atoms with Gasteiger partial charge < -0.3 is 4.90 Å². The molecule has 0 spiro atoms. The van der Waals surface area contributed by atoms with Crippen LogP contribution in [0.5, 0.6) is 0 Å². The Hall–Kier alpha value is -1.01. The smallest absolute Gasteiger partial charge is 0.233 e. The average Bonchev–Trinajstić information content (AvgIpc) is 2.93. The molecule has 0 bridgehead atoms. The lowest BCUT2D eigenvalue weighted by Gasteiger charge is -2.28. The normalized spacial score (nSPS) is 19.3. The standard InChI is InChI=1S/C19H29NO3S2/c1-4-5-11-20(17-10-12-25(22,23)14-17)19(21)13-24-18-8-6-16(7-9-18)15(2)3/h6-9,15,17H,4-5,10-14H2,1-3H3. The second-order valence-electron chi connectivity index (χ2n) is 7.01. The van der Waals surface area contributed by atoms with E-state index in [1.807, 2.05) is 4.90 Å². The van der Waals surface area contributed by atoms with Crippen LogP contribution in [0.1, 0.15) is 51.5 Å². The minimum atomic E-state index is -2.98. The van der Waals surface area contributed by atoms with Gasteiger partial charge in [0.1, 0.15) is 0 Å². The molecule has 6 heteroatoms. The Morgan fingerprint density at radius 1 is 1.28 bits per heavy atom. The first-order valence-corrected chi connectivity index (χ1v) is 11.9. The van der Waals surface area contributed by atoms with Crippen molar-refractivity contribution in [1.82, 2.24) is 4.90 Å². The molecular weight excluding hydrogens is 354 g/mol. The Kier molecular flexibility index (Phi) is 7.37. The number of benzene rings is 1. The molecule has 1 fully saturated rings. The summed E-state index contributed by atoms with van der Waals surface area (Å²) in [5.41, 5.74) is 1.29. The maximum atomic E-state index is 12.7. The number of hydrogen-bond donors (Lipinski definition) is 0. The van der Waals surface area contributed by atoms with Gasteiger partial charge in [-0.25, -0.2) is 8.42 Å². The quantitative estimate of drug-likeness (QED) is 0.642. The Morgan fingerprint density at radius 3 is 2.48 bits per heavy atom. The van der Waals surface area contributed by atoms with Gasteiger partial charge in [-0.1, -0.05) is 39.3 Å². The van der Waals surface area contributed by atoms with Crippen molar-refractivity contribution >= 4 is 27.5 Å². The van der Waals surface area contributed by atoms with E-state index in [-0.39, 0.29) is 23.5 Å². The van der Waals surface area contributed by atoms with Crippen LogP contribution in [0.3, 0.4) is 0 Å². The molecule has 0 aromatic heterocycles. The molecule has 1 aliphatic heterocycles. The first kappa shape index (κ1) is 20.3. The number of unbranched alkanes of at least 4 members (excludes halogenated alkanes) is 1. The molecule has 4 nitrogen and oxygen atoms in total. The molecule has 0 saturated carbocycles. The lowest BCUT2D eigenvalue weighted by atomic mass is 10.0. The van der Waals surface area contributed by atoms with Gasteiger partial charge in [0.15, 0.2) is 9.84 Å². The highest BCUT2D eigenvalue weighted by Crippen LogP contribution is 2.24. The summed E-state index contributed by atoms with van der Waals surface area (Å²) in [6.07, 6.45) is 2.48. The SMILES string of the molecule is CCCCN(C(=O)CSc1ccc(C(C)C)cc1)C1CCS(=O)(=O)C1. The van der Waals surface area contributed by atoms with Gasteiger partial charge in [0, 0.05) is 17.5 Å². The first-order valence-electron chi connectivity index (χ1n) is 9.05. The molecule has 25 heavy (non-hydrogen) atoms. The zero-order valence-corrected chi connectivity index (χ0v) is 17.0. The third-order valence-corrected chi connectivity index (χ3v) is 7.38. The highest BCUT2D eigenvalue weighted by atomic mass is 32.2. The van der Waals surface area contributed by atoms with Crippen molar-refractivity contribution in [2.75, 3.05) is 23.8 Å². The Balaban J connectivity index is 1.96. The predicted molar refractivity (Wildman–Crippen MR) is 105 cm³/mol. The molecule has 1 atom stereocenters. The third-order valence-electron chi connectivity index (χ3n) is 4.63. The number of amides is 1. The molecule has 1 heterocycles. The molecule has 0 N–H and O–H groups in total. The Labute approximate surface area is 156 Å². The molecule has 1 aliphatic rings. The summed E-state index contributed by atoms with van der Waals surface area (Å²) in [7, 11) is -2.98. The van der Waals surface area contributed by atoms with Crippen LogP contribution in [0.2, 0.25) is 0 Å². The number of hydrogen-bond acceptors (Lipinski definition) is 4. The molecule has 0 radical (unpaired) electrons. The Bertz CT molecular complexity index is 668. The maximum Gasteiger partial charge on any atom is 0.233 e. The summed E-state index contributed by atoms with van der Waals surface area (Å²) in [6.45, 7) is 7.06. The minimum Gasteiger partial charge on any atom is -0.338 e. The second kappa shape index (κ2) is 9.08. The summed E-state index contributed by atoms with van der Waals surface area (Å²) in [4.78, 5) is 15.6. The van der Waals surface area contributed by atoms with Gasteiger partial charge in [-0.05, 0) is 36.5 Å². The van der Waals surface area contributed by atoms with Gasteiger partial charge in [-0.15, -0.1) is 11.8 Å². The average molecular weight is 384 g/mol. The monoisotopic (exact) mass is 383 g/mol. The molecule has 1 amide bonds. The Morgan fingerprint density at radius 2 is 1.96 bits per heavy atom. The zero-order valence-electron chi connectivity index (χ0n) is 15.4. The minimum absolute atomic E-state index is 0.0495. The van der Waals surface area contributed by atoms with Gasteiger partial charge in [0.25, 0.3) is 0 Å². The van der Waals surface area contributed by atoms with Gasteiger partial charge in [-0.2, -0.15) is 0 Å². The van der Waals surface area contributed by atoms with E-state index in [1.54, 1.807) is 0 Å². The first-order chi connectivity index (χ1) is 11.8. The van der Waals surface area contributed by atoms with E-state index in [4.69, 9.17) is 0 Å². The summed E-state index contributed by atoms with van der Waals surface area (Å²) in [6, 6.07) is 8.19. The van der Waals surface area contributed by atoms with Crippen LogP contribution in [0.4, 0.5) is 0 Å². The fourth-order valence-corrected chi connectivity index (χ4v) is 5.55. The summed E-state index contributed by atoms with van der Waals surface area (Å²) >= 11 is 1.53.